The maximum Gasteiger partial charge on any atom is 0.416 e. The Labute approximate surface area is 106 Å². The lowest BCUT2D eigenvalue weighted by Crippen LogP contribution is -2.11. The van der Waals surface area contributed by atoms with Crippen LogP contribution in [0.1, 0.15) is 22.5 Å². The fourth-order valence-corrected chi connectivity index (χ4v) is 1.65. The van der Waals surface area contributed by atoms with Crippen molar-refractivity contribution in [1.29, 1.82) is 0 Å². The Balaban J connectivity index is 2.36. The predicted molar refractivity (Wildman–Crippen MR) is 59.0 cm³/mol. The van der Waals surface area contributed by atoms with Crippen molar-refractivity contribution < 1.29 is 18.3 Å². The van der Waals surface area contributed by atoms with E-state index in [0.29, 0.717) is 17.0 Å². The van der Waals surface area contributed by atoms with Crippen LogP contribution in [-0.4, -0.2) is 25.3 Å². The zero-order chi connectivity index (χ0) is 14.0. The van der Waals surface area contributed by atoms with Crippen molar-refractivity contribution in [2.24, 2.45) is 0 Å². The molecule has 1 heterocycles. The average Bonchev–Trinajstić information content (AvgIpc) is 2.73. The molecule has 102 valence electrons. The molecule has 0 atom stereocenters. The van der Waals surface area contributed by atoms with Crippen molar-refractivity contribution in [1.82, 2.24) is 20.2 Å². The van der Waals surface area contributed by atoms with Gasteiger partial charge in [-0.15, -0.1) is 10.2 Å². The number of halogens is 3. The van der Waals surface area contributed by atoms with Gasteiger partial charge in [0.2, 0.25) is 0 Å². The molecule has 1 aromatic carbocycles. The molecule has 0 saturated carbocycles. The van der Waals surface area contributed by atoms with Gasteiger partial charge in [-0.25, -0.2) is 0 Å². The van der Waals surface area contributed by atoms with E-state index in [2.05, 4.69) is 15.4 Å². The van der Waals surface area contributed by atoms with E-state index in [-0.39, 0.29) is 13.2 Å². The van der Waals surface area contributed by atoms with Crippen LogP contribution in [0, 0.1) is 6.92 Å². The third-order valence-corrected chi connectivity index (χ3v) is 2.57. The van der Waals surface area contributed by atoms with Crippen molar-refractivity contribution in [2.75, 3.05) is 0 Å². The molecule has 1 N–H and O–H groups in total. The van der Waals surface area contributed by atoms with Crippen molar-refractivity contribution in [3.05, 3.63) is 40.7 Å². The minimum Gasteiger partial charge on any atom is -0.392 e. The standard InChI is InChI=1S/C11H11F3N4O/c1-7-15-17-18(16-7)5-9-4-10(11(12,13)14)3-2-8(9)6-19/h2-4,19H,5-6H2,1H3. The number of benzene rings is 1. The van der Waals surface area contributed by atoms with Gasteiger partial charge in [-0.1, -0.05) is 6.07 Å². The molecule has 0 aliphatic rings. The zero-order valence-electron chi connectivity index (χ0n) is 10.0. The van der Waals surface area contributed by atoms with Gasteiger partial charge in [0.05, 0.1) is 18.7 Å². The number of tetrazole rings is 1. The number of alkyl halides is 3. The molecular weight excluding hydrogens is 261 g/mol. The van der Waals surface area contributed by atoms with Crippen LogP contribution in [0.2, 0.25) is 0 Å². The van der Waals surface area contributed by atoms with Crippen molar-refractivity contribution in [2.45, 2.75) is 26.3 Å². The quantitative estimate of drug-likeness (QED) is 0.920. The summed E-state index contributed by atoms with van der Waals surface area (Å²) in [4.78, 5) is 1.18. The first kappa shape index (κ1) is 13.5. The van der Waals surface area contributed by atoms with E-state index in [1.165, 1.54) is 10.9 Å². The van der Waals surface area contributed by atoms with Gasteiger partial charge >= 0.3 is 6.18 Å². The second-order valence-electron chi connectivity index (χ2n) is 4.01. The lowest BCUT2D eigenvalue weighted by molar-refractivity contribution is -0.137. The molecule has 1 aromatic heterocycles. The lowest BCUT2D eigenvalue weighted by Gasteiger charge is -2.11. The molecule has 5 nitrogen and oxygen atoms in total. The number of aryl methyl sites for hydroxylation is 1. The molecule has 19 heavy (non-hydrogen) atoms. The van der Waals surface area contributed by atoms with Gasteiger partial charge in [-0.05, 0) is 35.4 Å². The number of hydrogen-bond acceptors (Lipinski definition) is 4. The lowest BCUT2D eigenvalue weighted by atomic mass is 10.0. The molecule has 8 heteroatoms. The first-order chi connectivity index (χ1) is 8.90. The molecule has 2 aromatic rings. The van der Waals surface area contributed by atoms with Crippen LogP contribution in [0.4, 0.5) is 13.2 Å². The molecule has 0 saturated heterocycles. The first-order valence-electron chi connectivity index (χ1n) is 5.44. The van der Waals surface area contributed by atoms with E-state index < -0.39 is 11.7 Å². The average molecular weight is 272 g/mol. The number of aliphatic hydroxyl groups excluding tert-OH is 1. The Bertz CT molecular complexity index is 580. The summed E-state index contributed by atoms with van der Waals surface area (Å²) >= 11 is 0. The Morgan fingerprint density at radius 3 is 2.53 bits per heavy atom. The second kappa shape index (κ2) is 4.96. The van der Waals surface area contributed by atoms with Crippen LogP contribution in [0.5, 0.6) is 0 Å². The van der Waals surface area contributed by atoms with Crippen LogP contribution >= 0.6 is 0 Å². The van der Waals surface area contributed by atoms with Gasteiger partial charge in [0.1, 0.15) is 0 Å². The van der Waals surface area contributed by atoms with Gasteiger partial charge in [0.15, 0.2) is 5.82 Å². The number of aliphatic hydroxyl groups is 1. The van der Waals surface area contributed by atoms with Crippen LogP contribution in [0.3, 0.4) is 0 Å². The predicted octanol–water partition coefficient (Wildman–Crippen LogP) is 1.54. The molecule has 0 aliphatic carbocycles. The van der Waals surface area contributed by atoms with Crippen LogP contribution < -0.4 is 0 Å². The fourth-order valence-electron chi connectivity index (χ4n) is 1.65. The molecule has 2 rings (SSSR count). The highest BCUT2D eigenvalue weighted by Gasteiger charge is 2.31. The normalized spacial score (nSPS) is 11.8. The smallest absolute Gasteiger partial charge is 0.392 e. The largest absolute Gasteiger partial charge is 0.416 e. The summed E-state index contributed by atoms with van der Waals surface area (Å²) in [5, 5.41) is 20.4. The summed E-state index contributed by atoms with van der Waals surface area (Å²) in [5.74, 6) is 0.428. The Hall–Kier alpha value is -1.96. The molecule has 0 unspecified atom stereocenters. The second-order valence-corrected chi connectivity index (χ2v) is 4.01. The number of rotatable bonds is 3. The van der Waals surface area contributed by atoms with E-state index in [1.807, 2.05) is 0 Å². The maximum absolute atomic E-state index is 12.6. The summed E-state index contributed by atoms with van der Waals surface area (Å²) < 4.78 is 37.9. The molecule has 0 amide bonds. The molecule has 0 fully saturated rings. The fraction of sp³-hybridized carbons (Fsp3) is 0.364. The molecule has 0 bridgehead atoms. The summed E-state index contributed by atoms with van der Waals surface area (Å²) in [7, 11) is 0. The summed E-state index contributed by atoms with van der Waals surface area (Å²) in [6.45, 7) is 1.31. The maximum atomic E-state index is 12.6. The molecular formula is C11H11F3N4O. The van der Waals surface area contributed by atoms with Crippen LogP contribution in [0.25, 0.3) is 0 Å². The molecule has 0 radical (unpaired) electrons. The van der Waals surface area contributed by atoms with Crippen molar-refractivity contribution >= 4 is 0 Å². The van der Waals surface area contributed by atoms with Crippen molar-refractivity contribution in [3.63, 3.8) is 0 Å². The highest BCUT2D eigenvalue weighted by atomic mass is 19.4. The van der Waals surface area contributed by atoms with E-state index in [4.69, 9.17) is 5.11 Å². The topological polar surface area (TPSA) is 63.8 Å². The Kier molecular flexibility index (Phi) is 3.52. The van der Waals surface area contributed by atoms with Crippen LogP contribution in [0.15, 0.2) is 18.2 Å². The Morgan fingerprint density at radius 2 is 2.00 bits per heavy atom. The zero-order valence-corrected chi connectivity index (χ0v) is 10.0. The van der Waals surface area contributed by atoms with E-state index >= 15 is 0 Å². The molecule has 0 spiro atoms. The van der Waals surface area contributed by atoms with Gasteiger partial charge < -0.3 is 5.11 Å². The number of hydrogen-bond donors (Lipinski definition) is 1. The van der Waals surface area contributed by atoms with Gasteiger partial charge in [0, 0.05) is 0 Å². The Morgan fingerprint density at radius 1 is 1.26 bits per heavy atom. The van der Waals surface area contributed by atoms with Gasteiger partial charge in [-0.3, -0.25) is 0 Å². The number of nitrogens with zero attached hydrogens (tertiary/aromatic N) is 4. The first-order valence-corrected chi connectivity index (χ1v) is 5.44. The minimum atomic E-state index is -4.42. The summed E-state index contributed by atoms with van der Waals surface area (Å²) in [6, 6.07) is 3.18. The third-order valence-electron chi connectivity index (χ3n) is 2.57. The van der Waals surface area contributed by atoms with E-state index in [9.17, 15) is 13.2 Å². The highest BCUT2D eigenvalue weighted by molar-refractivity contribution is 5.33. The van der Waals surface area contributed by atoms with E-state index in [1.54, 1.807) is 6.92 Å². The van der Waals surface area contributed by atoms with Gasteiger partial charge in [-0.2, -0.15) is 18.0 Å². The monoisotopic (exact) mass is 272 g/mol. The number of aromatic nitrogens is 4. The minimum absolute atomic E-state index is 0.0284. The van der Waals surface area contributed by atoms with Crippen molar-refractivity contribution in [3.8, 4) is 0 Å². The van der Waals surface area contributed by atoms with Gasteiger partial charge in [0.25, 0.3) is 0 Å². The third kappa shape index (κ3) is 3.08. The SMILES string of the molecule is Cc1nnn(Cc2cc(C(F)(F)F)ccc2CO)n1. The summed E-state index contributed by atoms with van der Waals surface area (Å²) in [5.41, 5.74) is -0.0470. The highest BCUT2D eigenvalue weighted by Crippen LogP contribution is 2.30. The molecule has 0 aliphatic heterocycles. The van der Waals surface area contributed by atoms with Crippen LogP contribution in [-0.2, 0) is 19.3 Å². The summed E-state index contributed by atoms with van der Waals surface area (Å²) in [6.07, 6.45) is -4.42. The van der Waals surface area contributed by atoms with E-state index in [0.717, 1.165) is 12.1 Å².